The zero-order valence-corrected chi connectivity index (χ0v) is 13.9. The van der Waals surface area contributed by atoms with E-state index in [0.717, 1.165) is 5.56 Å². The fraction of sp³-hybridized carbons (Fsp3) is 0.133. The average Bonchev–Trinajstić information content (AvgIpc) is 2.48. The Hall–Kier alpha value is -2.25. The van der Waals surface area contributed by atoms with Crippen LogP contribution in [0.2, 0.25) is 5.02 Å². The highest BCUT2D eigenvalue weighted by molar-refractivity contribution is 7.92. The van der Waals surface area contributed by atoms with Crippen molar-refractivity contribution in [1.82, 2.24) is 0 Å². The molecule has 0 aliphatic heterocycles. The first kappa shape index (κ1) is 17.1. The van der Waals surface area contributed by atoms with E-state index in [-0.39, 0.29) is 26.9 Å². The number of nitrogens with one attached hydrogen (secondary N) is 1. The second-order valence-corrected chi connectivity index (χ2v) is 6.84. The van der Waals surface area contributed by atoms with Crippen LogP contribution < -0.4 is 9.46 Å². The molecule has 0 saturated heterocycles. The van der Waals surface area contributed by atoms with Crippen molar-refractivity contribution >= 4 is 33.3 Å². The number of anilines is 1. The van der Waals surface area contributed by atoms with Gasteiger partial charge in [-0.2, -0.15) is 0 Å². The summed E-state index contributed by atoms with van der Waals surface area (Å²) in [6.07, 6.45) is 0. The Morgan fingerprint density at radius 2 is 1.91 bits per heavy atom. The maximum Gasteiger partial charge on any atom is 0.337 e. The van der Waals surface area contributed by atoms with Gasteiger partial charge in [0.05, 0.1) is 18.4 Å². The van der Waals surface area contributed by atoms with Crippen molar-refractivity contribution in [2.75, 3.05) is 11.8 Å². The topological polar surface area (TPSA) is 92.7 Å². The van der Waals surface area contributed by atoms with E-state index >= 15 is 0 Å². The summed E-state index contributed by atoms with van der Waals surface area (Å²) in [4.78, 5) is 11.2. The quantitative estimate of drug-likeness (QED) is 0.859. The van der Waals surface area contributed by atoms with E-state index in [4.69, 9.17) is 16.3 Å². The van der Waals surface area contributed by atoms with Crippen LogP contribution in [0.5, 0.6) is 5.75 Å². The van der Waals surface area contributed by atoms with E-state index in [1.807, 2.05) is 0 Å². The molecule has 0 amide bonds. The van der Waals surface area contributed by atoms with Gasteiger partial charge in [-0.05, 0) is 42.8 Å². The molecular formula is C15H14ClNO5S. The van der Waals surface area contributed by atoms with Gasteiger partial charge in [-0.3, -0.25) is 4.72 Å². The van der Waals surface area contributed by atoms with Crippen LogP contribution in [-0.2, 0) is 10.0 Å². The van der Waals surface area contributed by atoms with Crippen molar-refractivity contribution < 1.29 is 23.1 Å². The number of benzene rings is 2. The molecule has 2 rings (SSSR count). The van der Waals surface area contributed by atoms with Crippen LogP contribution in [0.3, 0.4) is 0 Å². The highest BCUT2D eigenvalue weighted by Crippen LogP contribution is 2.28. The molecule has 122 valence electrons. The molecule has 23 heavy (non-hydrogen) atoms. The Labute approximate surface area is 138 Å². The molecule has 0 aliphatic carbocycles. The number of methoxy groups -OCH3 is 1. The SMILES string of the molecule is COc1cc(C)ccc1S(=O)(=O)Nc1ccc(Cl)cc1C(=O)O. The summed E-state index contributed by atoms with van der Waals surface area (Å²) in [6.45, 7) is 1.80. The van der Waals surface area contributed by atoms with Crippen molar-refractivity contribution in [1.29, 1.82) is 0 Å². The summed E-state index contributed by atoms with van der Waals surface area (Å²) in [5.74, 6) is -1.12. The minimum atomic E-state index is -4.02. The van der Waals surface area contributed by atoms with Crippen LogP contribution in [0.25, 0.3) is 0 Å². The van der Waals surface area contributed by atoms with Gasteiger partial charge in [0.15, 0.2) is 0 Å². The van der Waals surface area contributed by atoms with Gasteiger partial charge in [0, 0.05) is 5.02 Å². The molecule has 0 atom stereocenters. The lowest BCUT2D eigenvalue weighted by atomic mass is 10.2. The molecule has 6 nitrogen and oxygen atoms in total. The molecule has 2 N–H and O–H groups in total. The third-order valence-corrected chi connectivity index (χ3v) is 4.71. The van der Waals surface area contributed by atoms with Crippen LogP contribution in [-0.4, -0.2) is 26.6 Å². The summed E-state index contributed by atoms with van der Waals surface area (Å²) < 4.78 is 32.4. The highest BCUT2D eigenvalue weighted by Gasteiger charge is 2.22. The summed E-state index contributed by atoms with van der Waals surface area (Å²) >= 11 is 5.75. The van der Waals surface area contributed by atoms with Gasteiger partial charge in [0.2, 0.25) is 0 Å². The maximum absolute atomic E-state index is 12.5. The standard InChI is InChI=1S/C15H14ClNO5S/c1-9-3-6-14(13(7-9)22-2)23(20,21)17-12-5-4-10(16)8-11(12)15(18)19/h3-8,17H,1-2H3,(H,18,19). The van der Waals surface area contributed by atoms with Crippen molar-refractivity contribution in [3.05, 3.63) is 52.5 Å². The van der Waals surface area contributed by atoms with Gasteiger partial charge < -0.3 is 9.84 Å². The third-order valence-electron chi connectivity index (χ3n) is 3.06. The number of halogens is 1. The number of hydrogen-bond acceptors (Lipinski definition) is 4. The normalized spacial score (nSPS) is 11.1. The molecule has 0 bridgehead atoms. The molecule has 0 fully saturated rings. The first-order valence-corrected chi connectivity index (χ1v) is 8.31. The van der Waals surface area contributed by atoms with Crippen molar-refractivity contribution in [2.45, 2.75) is 11.8 Å². The largest absolute Gasteiger partial charge is 0.495 e. The van der Waals surface area contributed by atoms with Crippen molar-refractivity contribution in [2.24, 2.45) is 0 Å². The summed E-state index contributed by atoms with van der Waals surface area (Å²) in [5.41, 5.74) is 0.509. The number of ether oxygens (including phenoxy) is 1. The van der Waals surface area contributed by atoms with Crippen LogP contribution in [0.15, 0.2) is 41.3 Å². The number of sulfonamides is 1. The lowest BCUT2D eigenvalue weighted by Crippen LogP contribution is -2.16. The Balaban J connectivity index is 2.50. The summed E-state index contributed by atoms with van der Waals surface area (Å²) in [5, 5.41) is 9.37. The van der Waals surface area contributed by atoms with Crippen LogP contribution in [0.4, 0.5) is 5.69 Å². The highest BCUT2D eigenvalue weighted by atomic mass is 35.5. The fourth-order valence-corrected chi connectivity index (χ4v) is 3.38. The number of carbonyl (C=O) groups is 1. The number of rotatable bonds is 5. The molecule has 0 spiro atoms. The number of carboxylic acids is 1. The first-order chi connectivity index (χ1) is 10.7. The minimum Gasteiger partial charge on any atom is -0.495 e. The lowest BCUT2D eigenvalue weighted by Gasteiger charge is -2.13. The van der Waals surface area contributed by atoms with Gasteiger partial charge in [-0.1, -0.05) is 17.7 Å². The van der Waals surface area contributed by atoms with Gasteiger partial charge in [0.1, 0.15) is 10.6 Å². The van der Waals surface area contributed by atoms with Crippen LogP contribution in [0, 0.1) is 6.92 Å². The van der Waals surface area contributed by atoms with E-state index < -0.39 is 16.0 Å². The van der Waals surface area contributed by atoms with Gasteiger partial charge in [-0.25, -0.2) is 13.2 Å². The first-order valence-electron chi connectivity index (χ1n) is 6.45. The van der Waals surface area contributed by atoms with Gasteiger partial charge in [0.25, 0.3) is 10.0 Å². The second kappa shape index (κ2) is 6.47. The Morgan fingerprint density at radius 3 is 2.52 bits per heavy atom. The number of aromatic carboxylic acids is 1. The number of aryl methyl sites for hydroxylation is 1. The lowest BCUT2D eigenvalue weighted by molar-refractivity contribution is 0.0698. The van der Waals surface area contributed by atoms with E-state index in [0.29, 0.717) is 0 Å². The monoisotopic (exact) mass is 355 g/mol. The predicted molar refractivity (Wildman–Crippen MR) is 87.0 cm³/mol. The molecule has 8 heteroatoms. The van der Waals surface area contributed by atoms with E-state index in [1.165, 1.54) is 31.4 Å². The Morgan fingerprint density at radius 1 is 1.22 bits per heavy atom. The van der Waals surface area contributed by atoms with Gasteiger partial charge in [-0.15, -0.1) is 0 Å². The summed E-state index contributed by atoms with van der Waals surface area (Å²) in [6, 6.07) is 8.47. The van der Waals surface area contributed by atoms with E-state index in [9.17, 15) is 18.3 Å². The maximum atomic E-state index is 12.5. The molecular weight excluding hydrogens is 342 g/mol. The number of hydrogen-bond donors (Lipinski definition) is 2. The Kier molecular flexibility index (Phi) is 4.82. The molecule has 0 radical (unpaired) electrons. The molecule has 0 saturated carbocycles. The van der Waals surface area contributed by atoms with Crippen molar-refractivity contribution in [3.63, 3.8) is 0 Å². The molecule has 0 aliphatic rings. The smallest absolute Gasteiger partial charge is 0.337 e. The zero-order valence-electron chi connectivity index (χ0n) is 12.3. The zero-order chi connectivity index (χ0) is 17.2. The molecule has 0 heterocycles. The average molecular weight is 356 g/mol. The second-order valence-electron chi connectivity index (χ2n) is 4.75. The van der Waals surface area contributed by atoms with Gasteiger partial charge >= 0.3 is 5.97 Å². The van der Waals surface area contributed by atoms with Crippen LogP contribution >= 0.6 is 11.6 Å². The predicted octanol–water partition coefficient (Wildman–Crippen LogP) is 3.16. The minimum absolute atomic E-state index is 0.0791. The molecule has 0 aromatic heterocycles. The molecule has 2 aromatic carbocycles. The van der Waals surface area contributed by atoms with Crippen LogP contribution in [0.1, 0.15) is 15.9 Å². The fourth-order valence-electron chi connectivity index (χ4n) is 1.98. The Bertz CT molecular complexity index is 864. The summed E-state index contributed by atoms with van der Waals surface area (Å²) in [7, 11) is -2.66. The third kappa shape index (κ3) is 3.75. The van der Waals surface area contributed by atoms with E-state index in [1.54, 1.807) is 19.1 Å². The van der Waals surface area contributed by atoms with Crippen molar-refractivity contribution in [3.8, 4) is 5.75 Å². The molecule has 2 aromatic rings. The number of carboxylic acid groups (broad SMARTS) is 1. The molecule has 0 unspecified atom stereocenters. The van der Waals surface area contributed by atoms with E-state index in [2.05, 4.69) is 4.72 Å².